The second-order valence-corrected chi connectivity index (χ2v) is 6.25. The Kier molecular flexibility index (Phi) is 4.78. The Balaban J connectivity index is 1.56. The standard InChI is InChI=1S/C18H26N4/c1-20(14-11-16-10-12-19-21(16)2)18-9-6-13-22(15-18)17-7-4-3-5-8-17/h3-5,7-8,10,12,18H,6,9,11,13-15H2,1-2H3/t18-/m1/s1. The Hall–Kier alpha value is -1.81. The highest BCUT2D eigenvalue weighted by atomic mass is 15.3. The molecule has 4 nitrogen and oxygen atoms in total. The molecule has 2 aromatic rings. The SMILES string of the molecule is CN(CCc1ccnn1C)[C@@H]1CCCN(c2ccccc2)C1. The maximum Gasteiger partial charge on any atom is 0.0492 e. The molecule has 118 valence electrons. The molecule has 0 amide bonds. The van der Waals surface area contributed by atoms with E-state index in [0.717, 1.165) is 19.5 Å². The lowest BCUT2D eigenvalue weighted by Crippen LogP contribution is -2.47. The van der Waals surface area contributed by atoms with Crippen molar-refractivity contribution in [2.75, 3.05) is 31.6 Å². The molecular formula is C18H26N4. The van der Waals surface area contributed by atoms with E-state index in [1.807, 2.05) is 17.9 Å². The number of hydrogen-bond acceptors (Lipinski definition) is 3. The summed E-state index contributed by atoms with van der Waals surface area (Å²) in [6.45, 7) is 3.40. The van der Waals surface area contributed by atoms with Crippen molar-refractivity contribution in [1.29, 1.82) is 0 Å². The van der Waals surface area contributed by atoms with E-state index in [0.29, 0.717) is 6.04 Å². The first-order valence-corrected chi connectivity index (χ1v) is 8.21. The van der Waals surface area contributed by atoms with E-state index in [4.69, 9.17) is 0 Å². The monoisotopic (exact) mass is 298 g/mol. The maximum atomic E-state index is 4.25. The molecule has 0 saturated carbocycles. The van der Waals surface area contributed by atoms with Gasteiger partial charge in [0.25, 0.3) is 0 Å². The Bertz CT molecular complexity index is 578. The number of rotatable bonds is 5. The Morgan fingerprint density at radius 3 is 2.77 bits per heavy atom. The van der Waals surface area contributed by atoms with Crippen molar-refractivity contribution in [3.63, 3.8) is 0 Å². The van der Waals surface area contributed by atoms with Gasteiger partial charge < -0.3 is 9.80 Å². The highest BCUT2D eigenvalue weighted by molar-refractivity contribution is 5.46. The van der Waals surface area contributed by atoms with Crippen molar-refractivity contribution in [1.82, 2.24) is 14.7 Å². The van der Waals surface area contributed by atoms with Crippen molar-refractivity contribution in [3.8, 4) is 0 Å². The molecule has 4 heteroatoms. The smallest absolute Gasteiger partial charge is 0.0492 e. The molecule has 22 heavy (non-hydrogen) atoms. The first-order chi connectivity index (χ1) is 10.7. The van der Waals surface area contributed by atoms with E-state index in [1.165, 1.54) is 30.8 Å². The molecule has 1 aromatic heterocycles. The van der Waals surface area contributed by atoms with Crippen LogP contribution in [0.3, 0.4) is 0 Å². The molecule has 0 N–H and O–H groups in total. The van der Waals surface area contributed by atoms with Crippen LogP contribution in [-0.4, -0.2) is 47.4 Å². The molecule has 1 aliphatic rings. The van der Waals surface area contributed by atoms with Crippen LogP contribution in [0, 0.1) is 0 Å². The third kappa shape index (κ3) is 3.50. The minimum atomic E-state index is 0.641. The fraction of sp³-hybridized carbons (Fsp3) is 0.500. The topological polar surface area (TPSA) is 24.3 Å². The van der Waals surface area contributed by atoms with Gasteiger partial charge in [0, 0.05) is 56.7 Å². The van der Waals surface area contributed by atoms with Gasteiger partial charge in [0.1, 0.15) is 0 Å². The number of aryl methyl sites for hydroxylation is 1. The quantitative estimate of drug-likeness (QED) is 0.848. The number of aromatic nitrogens is 2. The summed E-state index contributed by atoms with van der Waals surface area (Å²) >= 11 is 0. The predicted molar refractivity (Wildman–Crippen MR) is 91.2 cm³/mol. The molecule has 0 unspecified atom stereocenters. The summed E-state index contributed by atoms with van der Waals surface area (Å²) in [6.07, 6.45) is 5.52. The summed E-state index contributed by atoms with van der Waals surface area (Å²) in [6, 6.07) is 13.5. The number of benzene rings is 1. The largest absolute Gasteiger partial charge is 0.370 e. The summed E-state index contributed by atoms with van der Waals surface area (Å²) in [5.41, 5.74) is 2.66. The molecule has 0 spiro atoms. The summed E-state index contributed by atoms with van der Waals surface area (Å²) in [7, 11) is 4.28. The summed E-state index contributed by atoms with van der Waals surface area (Å²) in [5.74, 6) is 0. The number of likely N-dealkylation sites (N-methyl/N-ethyl adjacent to an activating group) is 1. The predicted octanol–water partition coefficient (Wildman–Crippen LogP) is 2.56. The fourth-order valence-corrected chi connectivity index (χ4v) is 3.31. The van der Waals surface area contributed by atoms with Gasteiger partial charge in [-0.2, -0.15) is 5.10 Å². The fourth-order valence-electron chi connectivity index (χ4n) is 3.31. The zero-order valence-corrected chi connectivity index (χ0v) is 13.7. The van der Waals surface area contributed by atoms with Crippen LogP contribution in [0.5, 0.6) is 0 Å². The van der Waals surface area contributed by atoms with E-state index >= 15 is 0 Å². The van der Waals surface area contributed by atoms with E-state index in [1.54, 1.807) is 0 Å². The number of nitrogens with zero attached hydrogens (tertiary/aromatic N) is 4. The second-order valence-electron chi connectivity index (χ2n) is 6.25. The molecule has 0 aliphatic carbocycles. The lowest BCUT2D eigenvalue weighted by Gasteiger charge is -2.39. The molecule has 3 rings (SSSR count). The first kappa shape index (κ1) is 15.1. The lowest BCUT2D eigenvalue weighted by molar-refractivity contribution is 0.216. The third-order valence-corrected chi connectivity index (χ3v) is 4.78. The van der Waals surface area contributed by atoms with Gasteiger partial charge in [0.15, 0.2) is 0 Å². The van der Waals surface area contributed by atoms with Crippen LogP contribution in [0.1, 0.15) is 18.5 Å². The molecule has 1 fully saturated rings. The van der Waals surface area contributed by atoms with Crippen LogP contribution in [-0.2, 0) is 13.5 Å². The highest BCUT2D eigenvalue weighted by Gasteiger charge is 2.23. The van der Waals surface area contributed by atoms with Crippen molar-refractivity contribution >= 4 is 5.69 Å². The molecule has 1 saturated heterocycles. The average Bonchev–Trinajstić information content (AvgIpc) is 2.99. The van der Waals surface area contributed by atoms with Crippen molar-refractivity contribution in [2.24, 2.45) is 7.05 Å². The summed E-state index contributed by atoms with van der Waals surface area (Å²) in [5, 5.41) is 4.25. The van der Waals surface area contributed by atoms with Gasteiger partial charge in [-0.3, -0.25) is 4.68 Å². The first-order valence-electron chi connectivity index (χ1n) is 8.21. The maximum absolute atomic E-state index is 4.25. The number of para-hydroxylation sites is 1. The zero-order valence-electron chi connectivity index (χ0n) is 13.7. The highest BCUT2D eigenvalue weighted by Crippen LogP contribution is 2.21. The third-order valence-electron chi connectivity index (χ3n) is 4.78. The Morgan fingerprint density at radius 1 is 1.23 bits per heavy atom. The van der Waals surface area contributed by atoms with E-state index in [-0.39, 0.29) is 0 Å². The Labute approximate surface area is 133 Å². The van der Waals surface area contributed by atoms with Crippen molar-refractivity contribution in [3.05, 3.63) is 48.3 Å². The second kappa shape index (κ2) is 6.97. The van der Waals surface area contributed by atoms with E-state index in [9.17, 15) is 0 Å². The summed E-state index contributed by atoms with van der Waals surface area (Å²) in [4.78, 5) is 5.04. The molecule has 0 radical (unpaired) electrons. The molecule has 1 aliphatic heterocycles. The van der Waals surface area contributed by atoms with Crippen LogP contribution < -0.4 is 4.90 Å². The van der Waals surface area contributed by atoms with Crippen LogP contribution in [0.25, 0.3) is 0 Å². The van der Waals surface area contributed by atoms with Crippen molar-refractivity contribution in [2.45, 2.75) is 25.3 Å². The van der Waals surface area contributed by atoms with E-state index < -0.39 is 0 Å². The number of anilines is 1. The number of piperidine rings is 1. The minimum Gasteiger partial charge on any atom is -0.370 e. The van der Waals surface area contributed by atoms with Gasteiger partial charge in [0.05, 0.1) is 0 Å². The van der Waals surface area contributed by atoms with Crippen LogP contribution in [0.4, 0.5) is 5.69 Å². The molecule has 1 aromatic carbocycles. The van der Waals surface area contributed by atoms with Crippen LogP contribution >= 0.6 is 0 Å². The molecule has 2 heterocycles. The lowest BCUT2D eigenvalue weighted by atomic mass is 10.0. The normalized spacial score (nSPS) is 18.9. The minimum absolute atomic E-state index is 0.641. The molecular weight excluding hydrogens is 272 g/mol. The Morgan fingerprint density at radius 2 is 2.05 bits per heavy atom. The van der Waals surface area contributed by atoms with Gasteiger partial charge >= 0.3 is 0 Å². The zero-order chi connectivity index (χ0) is 15.4. The summed E-state index contributed by atoms with van der Waals surface area (Å²) < 4.78 is 1.98. The van der Waals surface area contributed by atoms with Gasteiger partial charge in [-0.05, 0) is 38.1 Å². The average molecular weight is 298 g/mol. The van der Waals surface area contributed by atoms with Crippen LogP contribution in [0.2, 0.25) is 0 Å². The molecule has 0 bridgehead atoms. The van der Waals surface area contributed by atoms with Gasteiger partial charge in [-0.1, -0.05) is 18.2 Å². The van der Waals surface area contributed by atoms with Gasteiger partial charge in [-0.25, -0.2) is 0 Å². The van der Waals surface area contributed by atoms with E-state index in [2.05, 4.69) is 58.3 Å². The van der Waals surface area contributed by atoms with Gasteiger partial charge in [-0.15, -0.1) is 0 Å². The van der Waals surface area contributed by atoms with Crippen molar-refractivity contribution < 1.29 is 0 Å². The molecule has 1 atom stereocenters. The van der Waals surface area contributed by atoms with Crippen LogP contribution in [0.15, 0.2) is 42.6 Å². The van der Waals surface area contributed by atoms with Gasteiger partial charge in [0.2, 0.25) is 0 Å². The number of hydrogen-bond donors (Lipinski definition) is 0.